The highest BCUT2D eigenvalue weighted by Gasteiger charge is 2.16. The highest BCUT2D eigenvalue weighted by atomic mass is 79.9. The van der Waals surface area contributed by atoms with Crippen molar-refractivity contribution in [2.45, 2.75) is 0 Å². The summed E-state index contributed by atoms with van der Waals surface area (Å²) < 4.78 is 4.56. The van der Waals surface area contributed by atoms with Crippen LogP contribution in [-0.4, -0.2) is 4.57 Å². The van der Waals surface area contributed by atoms with Crippen molar-refractivity contribution >= 4 is 64.4 Å². The number of para-hydroxylation sites is 1. The summed E-state index contributed by atoms with van der Waals surface area (Å²) in [6.07, 6.45) is 0. The summed E-state index contributed by atoms with van der Waals surface area (Å²) in [5.41, 5.74) is 3.60. The molecule has 0 bridgehead atoms. The van der Waals surface area contributed by atoms with Crippen LogP contribution < -0.4 is 0 Å². The van der Waals surface area contributed by atoms with Gasteiger partial charge in [0.15, 0.2) is 0 Å². The third-order valence-electron chi connectivity index (χ3n) is 4.70. The highest BCUT2D eigenvalue weighted by molar-refractivity contribution is 9.11. The van der Waals surface area contributed by atoms with Crippen molar-refractivity contribution in [3.8, 4) is 5.69 Å². The molecule has 0 amide bonds. The summed E-state index contributed by atoms with van der Waals surface area (Å²) in [4.78, 5) is 0. The molecule has 0 fully saturated rings. The van der Waals surface area contributed by atoms with Gasteiger partial charge in [0.25, 0.3) is 0 Å². The fourth-order valence-electron chi connectivity index (χ4n) is 3.67. The van der Waals surface area contributed by atoms with E-state index in [1.165, 1.54) is 38.3 Å². The SMILES string of the molecule is Brc1ccc2c3c4c(Br)cccc4ccc3n(-c3ccccc3)c2c1. The molecule has 5 aromatic rings. The van der Waals surface area contributed by atoms with E-state index in [-0.39, 0.29) is 0 Å². The summed E-state index contributed by atoms with van der Waals surface area (Å²) >= 11 is 7.40. The zero-order valence-corrected chi connectivity index (χ0v) is 16.4. The van der Waals surface area contributed by atoms with Gasteiger partial charge in [0.1, 0.15) is 0 Å². The smallest absolute Gasteiger partial charge is 0.0552 e. The first-order valence-electron chi connectivity index (χ1n) is 8.10. The first-order chi connectivity index (χ1) is 12.2. The van der Waals surface area contributed by atoms with Crippen LogP contribution in [0.25, 0.3) is 38.3 Å². The second kappa shape index (κ2) is 5.72. The number of benzene rings is 4. The van der Waals surface area contributed by atoms with E-state index in [2.05, 4.69) is 115 Å². The molecule has 3 heteroatoms. The summed E-state index contributed by atoms with van der Waals surface area (Å²) in [6.45, 7) is 0. The molecule has 25 heavy (non-hydrogen) atoms. The Kier molecular flexibility index (Phi) is 3.47. The number of nitrogens with zero attached hydrogens (tertiary/aromatic N) is 1. The molecule has 0 saturated heterocycles. The predicted molar refractivity (Wildman–Crippen MR) is 114 cm³/mol. The lowest BCUT2D eigenvalue weighted by molar-refractivity contribution is 1.18. The molecule has 120 valence electrons. The molecule has 4 aromatic carbocycles. The van der Waals surface area contributed by atoms with Gasteiger partial charge in [-0.1, -0.05) is 74.3 Å². The number of halogens is 2. The Morgan fingerprint density at radius 2 is 1.48 bits per heavy atom. The van der Waals surface area contributed by atoms with Gasteiger partial charge < -0.3 is 4.57 Å². The lowest BCUT2D eigenvalue weighted by Crippen LogP contribution is -1.93. The van der Waals surface area contributed by atoms with Crippen LogP contribution in [0, 0.1) is 0 Å². The van der Waals surface area contributed by atoms with Gasteiger partial charge in [0, 0.05) is 30.8 Å². The summed E-state index contributed by atoms with van der Waals surface area (Å²) in [7, 11) is 0. The molecule has 0 aliphatic carbocycles. The minimum atomic E-state index is 1.09. The minimum Gasteiger partial charge on any atom is -0.309 e. The van der Waals surface area contributed by atoms with Crippen molar-refractivity contribution in [3.05, 3.63) is 87.8 Å². The van der Waals surface area contributed by atoms with Gasteiger partial charge >= 0.3 is 0 Å². The van der Waals surface area contributed by atoms with E-state index >= 15 is 0 Å². The summed E-state index contributed by atoms with van der Waals surface area (Å²) in [5, 5.41) is 5.06. The molecule has 0 aliphatic heterocycles. The molecular formula is C22H13Br2N. The molecule has 5 rings (SSSR count). The molecule has 1 aromatic heterocycles. The first-order valence-corrected chi connectivity index (χ1v) is 9.69. The predicted octanol–water partition coefficient (Wildman–Crippen LogP) is 7.46. The average Bonchev–Trinajstić information content (AvgIpc) is 2.96. The van der Waals surface area contributed by atoms with Crippen LogP contribution in [0.3, 0.4) is 0 Å². The van der Waals surface area contributed by atoms with Gasteiger partial charge in [-0.3, -0.25) is 0 Å². The van der Waals surface area contributed by atoms with Crippen molar-refractivity contribution < 1.29 is 0 Å². The number of hydrogen-bond acceptors (Lipinski definition) is 0. The van der Waals surface area contributed by atoms with E-state index in [4.69, 9.17) is 0 Å². The Hall–Kier alpha value is -2.10. The molecule has 1 heterocycles. The van der Waals surface area contributed by atoms with Crippen molar-refractivity contribution in [1.29, 1.82) is 0 Å². The molecule has 0 radical (unpaired) electrons. The Balaban J connectivity index is 2.09. The Bertz CT molecular complexity index is 1250. The van der Waals surface area contributed by atoms with Crippen LogP contribution >= 0.6 is 31.9 Å². The number of hydrogen-bond donors (Lipinski definition) is 0. The van der Waals surface area contributed by atoms with Gasteiger partial charge in [-0.2, -0.15) is 0 Å². The molecule has 0 unspecified atom stereocenters. The normalized spacial score (nSPS) is 11.6. The zero-order chi connectivity index (χ0) is 17.0. The monoisotopic (exact) mass is 449 g/mol. The fourth-order valence-corrected chi connectivity index (χ4v) is 4.60. The molecular weight excluding hydrogens is 438 g/mol. The number of fused-ring (bicyclic) bond motifs is 5. The van der Waals surface area contributed by atoms with E-state index in [0.717, 1.165) is 8.95 Å². The van der Waals surface area contributed by atoms with Crippen molar-refractivity contribution in [3.63, 3.8) is 0 Å². The van der Waals surface area contributed by atoms with E-state index < -0.39 is 0 Å². The van der Waals surface area contributed by atoms with E-state index in [1.807, 2.05) is 0 Å². The van der Waals surface area contributed by atoms with Gasteiger partial charge in [-0.05, 0) is 41.8 Å². The van der Waals surface area contributed by atoms with E-state index in [0.29, 0.717) is 0 Å². The molecule has 1 nitrogen and oxygen atoms in total. The lowest BCUT2D eigenvalue weighted by Gasteiger charge is -2.08. The summed E-state index contributed by atoms with van der Waals surface area (Å²) in [6, 6.07) is 27.9. The fraction of sp³-hybridized carbons (Fsp3) is 0. The van der Waals surface area contributed by atoms with Gasteiger partial charge in [0.2, 0.25) is 0 Å². The largest absolute Gasteiger partial charge is 0.309 e. The van der Waals surface area contributed by atoms with Gasteiger partial charge in [0.05, 0.1) is 11.0 Å². The molecule has 0 aliphatic rings. The maximum Gasteiger partial charge on any atom is 0.0552 e. The first kappa shape index (κ1) is 15.2. The maximum atomic E-state index is 3.77. The highest BCUT2D eigenvalue weighted by Crippen LogP contribution is 2.40. The standard InChI is InChI=1S/C22H13Br2N/c23-15-10-11-17-20(13-15)25(16-6-2-1-3-7-16)19-12-9-14-5-4-8-18(24)21(14)22(17)19/h1-13H. The average molecular weight is 451 g/mol. The van der Waals surface area contributed by atoms with Crippen LogP contribution in [0.5, 0.6) is 0 Å². The molecule has 0 spiro atoms. The number of rotatable bonds is 1. The van der Waals surface area contributed by atoms with Crippen LogP contribution in [0.1, 0.15) is 0 Å². The van der Waals surface area contributed by atoms with E-state index in [1.54, 1.807) is 0 Å². The Morgan fingerprint density at radius 1 is 0.640 bits per heavy atom. The topological polar surface area (TPSA) is 4.93 Å². The number of aromatic nitrogens is 1. The Morgan fingerprint density at radius 3 is 2.32 bits per heavy atom. The van der Waals surface area contributed by atoms with Crippen molar-refractivity contribution in [2.75, 3.05) is 0 Å². The maximum absolute atomic E-state index is 3.77. The third kappa shape index (κ3) is 2.26. The van der Waals surface area contributed by atoms with Gasteiger partial charge in [-0.15, -0.1) is 0 Å². The second-order valence-electron chi connectivity index (χ2n) is 6.13. The lowest BCUT2D eigenvalue weighted by atomic mass is 10.0. The van der Waals surface area contributed by atoms with Crippen LogP contribution in [-0.2, 0) is 0 Å². The van der Waals surface area contributed by atoms with E-state index in [9.17, 15) is 0 Å². The minimum absolute atomic E-state index is 1.09. The second-order valence-corrected chi connectivity index (χ2v) is 7.90. The molecule has 0 atom stereocenters. The molecule has 0 N–H and O–H groups in total. The van der Waals surface area contributed by atoms with Crippen molar-refractivity contribution in [1.82, 2.24) is 4.57 Å². The van der Waals surface area contributed by atoms with Crippen LogP contribution in [0.15, 0.2) is 87.8 Å². The summed E-state index contributed by atoms with van der Waals surface area (Å²) in [5.74, 6) is 0. The van der Waals surface area contributed by atoms with Crippen LogP contribution in [0.2, 0.25) is 0 Å². The quantitative estimate of drug-likeness (QED) is 0.249. The molecule has 0 saturated carbocycles. The van der Waals surface area contributed by atoms with Crippen molar-refractivity contribution in [2.24, 2.45) is 0 Å². The third-order valence-corrected chi connectivity index (χ3v) is 5.85. The Labute approximate surface area is 162 Å². The van der Waals surface area contributed by atoms with Crippen LogP contribution in [0.4, 0.5) is 0 Å². The zero-order valence-electron chi connectivity index (χ0n) is 13.2. The van der Waals surface area contributed by atoms with Gasteiger partial charge in [-0.25, -0.2) is 0 Å².